The number of nitrogens with zero attached hydrogens (tertiary/aromatic N) is 25. The van der Waals surface area contributed by atoms with Crippen LogP contribution in [0.5, 0.6) is 0 Å². The van der Waals surface area contributed by atoms with E-state index >= 15 is 0 Å². The number of halogens is 1. The summed E-state index contributed by atoms with van der Waals surface area (Å²) in [4.78, 5) is 107. The average Bonchev–Trinajstić information content (AvgIpc) is 1.75. The predicted molar refractivity (Wildman–Crippen MR) is 543 cm³/mol. The number of methoxy groups -OCH3 is 12. The lowest BCUT2D eigenvalue weighted by atomic mass is 10.5. The molecule has 0 aliphatic rings. The van der Waals surface area contributed by atoms with Crippen molar-refractivity contribution >= 4 is 112 Å². The van der Waals surface area contributed by atoms with Crippen LogP contribution in [0.1, 0.15) is 5.82 Å². The van der Waals surface area contributed by atoms with Gasteiger partial charge in [-0.2, -0.15) is 65.0 Å². The summed E-state index contributed by atoms with van der Waals surface area (Å²) in [7, 11) is 42.3. The third-order valence-electron chi connectivity index (χ3n) is 18.0. The van der Waals surface area contributed by atoms with Gasteiger partial charge < -0.3 is 129 Å². The molecule has 12 aromatic rings. The maximum atomic E-state index is 12.7. The van der Waals surface area contributed by atoms with Crippen LogP contribution in [0.4, 0.5) is 73.8 Å². The van der Waals surface area contributed by atoms with Crippen LogP contribution in [0.3, 0.4) is 0 Å². The molecule has 15 N–H and O–H groups in total. The van der Waals surface area contributed by atoms with Crippen molar-refractivity contribution < 1.29 is 84.4 Å². The zero-order valence-corrected chi connectivity index (χ0v) is 88.7. The Labute approximate surface area is 844 Å². The monoisotopic (exact) mass is 2110 g/mol. The first-order valence-corrected chi connectivity index (χ1v) is 44.8. The highest BCUT2D eigenvalue weighted by molar-refractivity contribution is 7.71. The SMILES string of the molecule is COCCN(C)c1c[nH]oc1=O.COCCN(C)c1cc(=O)[nH]o1.COCCN(C)c1cc(=O)[nH]s1.COCCN(C)c1cc(=O)o[nH]1.COCCN(C)c1cn[nH]n1.COCCN(C)c1cn[nH]n1.COCCN(C)c1n[nH][nH]c1=S.COCCN(C)c1n[nH]c(=O)[nH]1.COCCN(C)c1n[nH]c(C)n1.COCCN(C)c1n[nH]nc1F.COCCN(C)c1nc(=S)[nH][nH]1.COCCN(C)c1ncn[nH]1.O=C=O. The smallest absolute Gasteiger partial charge is 0.380 e. The van der Waals surface area contributed by atoms with Gasteiger partial charge in [0.25, 0.3) is 17.1 Å². The number of rotatable bonds is 48. The van der Waals surface area contributed by atoms with Gasteiger partial charge in [0.05, 0.1) is 110 Å². The Morgan fingerprint density at radius 1 is 0.417 bits per heavy atom. The minimum Gasteiger partial charge on any atom is -0.383 e. The minimum atomic E-state index is -0.589. The summed E-state index contributed by atoms with van der Waals surface area (Å²) in [5, 5.41) is 71.5. The highest BCUT2D eigenvalue weighted by atomic mass is 32.1. The molecule has 12 heterocycles. The van der Waals surface area contributed by atoms with Gasteiger partial charge in [-0.3, -0.25) is 39.3 Å². The van der Waals surface area contributed by atoms with Crippen molar-refractivity contribution in [3.63, 3.8) is 0 Å². The molecule has 0 bridgehead atoms. The normalized spacial score (nSPS) is 9.99. The quantitative estimate of drug-likeness (QED) is 0.0227. The molecule has 144 heavy (non-hydrogen) atoms. The molecule has 0 saturated heterocycles. The lowest BCUT2D eigenvalue weighted by Gasteiger charge is -2.14. The standard InChI is InChI=1S/C7H14N4O.3C7H12N2O3.C7H12N2O2S.C6H11FN4O.C6H12N4O2.2C6H12N4OS.3C6H12N4O.CO2/c1-6-8-7(10-9-6)11(2)4-5-12-3;1-9(3-4-11-2)6-5-8-12-7(6)10;1-9(3-4-11-2)7-5-6(10)8-12-7;1-9(3-4-11-2)6-5-7(10)12-8-6;1-9(3-4-11-2)7-5-6(10)8-12-7;1-11(3-4-12-2)6-5(7)8-10-9-6;1-10(3-4-12-2)5-7-6(11)9-8-5;1-10(3-4-11-2)5-7-6(12)9-8-5;1-10(3-4-11-2)5-6(12)8-9-7-5;1-10(3-4-11-2)6-7-5-8-9-6;2*1-10(3-4-11-2)6-5-7-9-8-6;2-1-3/h4-5H2,1-3H3,(H,8,9,10);5,8H,3-4H2,1-2H3;5H,3-4H2,1-2H3,(H,8,10);5,8H,3-4H2,1-2H3;5H,3-4H2,1-2H3,(H,8,10);3-4H2,1-2H3,(H,8,9,10);3-4H2,1-2H3,(H2,7,8,9,11);2*3-4H2,1-2H3,(H2,7,8,9,12);3*5H,3-4H2,1-2H3,(H,7,8,9);. The molecule has 0 amide bonds. The fourth-order valence-corrected chi connectivity index (χ4v) is 10.5. The van der Waals surface area contributed by atoms with E-state index in [1.807, 2.05) is 117 Å². The predicted octanol–water partition coefficient (Wildman–Crippen LogP) is 0.251. The second-order valence-corrected chi connectivity index (χ2v) is 30.5. The number of likely N-dealkylation sites (N-methyl/N-ethyl adjacent to an activating group) is 12. The Hall–Kier alpha value is -13.7. The van der Waals surface area contributed by atoms with Crippen LogP contribution in [0.15, 0.2) is 80.7 Å². The molecular formula is C78H145FN40O22S3. The number of aromatic amines is 15. The number of hydrogen-bond donors (Lipinski definition) is 15. The van der Waals surface area contributed by atoms with Crippen molar-refractivity contribution in [2.24, 2.45) is 0 Å². The molecule has 12 rings (SSSR count). The van der Waals surface area contributed by atoms with Crippen LogP contribution in [-0.2, 0) is 66.4 Å². The van der Waals surface area contributed by atoms with Gasteiger partial charge in [-0.05, 0) is 30.7 Å². The van der Waals surface area contributed by atoms with Crippen LogP contribution in [-0.4, -0.2) is 476 Å². The maximum Gasteiger partial charge on any atom is 0.380 e. The maximum absolute atomic E-state index is 12.7. The Morgan fingerprint density at radius 3 is 1.24 bits per heavy atom. The molecule has 0 saturated carbocycles. The van der Waals surface area contributed by atoms with Crippen molar-refractivity contribution in [3.05, 3.63) is 116 Å². The van der Waals surface area contributed by atoms with E-state index in [4.69, 9.17) is 95.4 Å². The number of carbonyl (C=O) groups excluding carboxylic acids is 2. The third kappa shape index (κ3) is 59.2. The number of anilines is 12. The lowest BCUT2D eigenvalue weighted by Crippen LogP contribution is -2.25. The molecular weight excluding hydrogens is 1960 g/mol. The molecule has 0 unspecified atom stereocenters. The van der Waals surface area contributed by atoms with E-state index in [9.17, 15) is 28.4 Å². The number of H-pyrrole nitrogens is 15. The number of hydrogen-bond acceptors (Lipinski definition) is 50. The zero-order valence-electron chi connectivity index (χ0n) is 86.3. The highest BCUT2D eigenvalue weighted by Crippen LogP contribution is 2.15. The molecule has 0 spiro atoms. The zero-order chi connectivity index (χ0) is 108. The van der Waals surface area contributed by atoms with Crippen molar-refractivity contribution in [2.75, 3.05) is 387 Å². The van der Waals surface area contributed by atoms with Gasteiger partial charge in [0, 0.05) is 254 Å². The number of aromatic nitrogens is 28. The largest absolute Gasteiger partial charge is 0.383 e. The molecule has 0 aliphatic carbocycles. The van der Waals surface area contributed by atoms with E-state index < -0.39 is 5.95 Å². The highest BCUT2D eigenvalue weighted by Gasteiger charge is 2.15. The van der Waals surface area contributed by atoms with E-state index in [2.05, 4.69) is 151 Å². The van der Waals surface area contributed by atoms with Gasteiger partial charge in [0.2, 0.25) is 40.3 Å². The molecule has 814 valence electrons. The summed E-state index contributed by atoms with van der Waals surface area (Å²) >= 11 is 11.1. The number of aryl methyl sites for hydroxylation is 1. The first kappa shape index (κ1) is 130. The van der Waals surface area contributed by atoms with Crippen LogP contribution in [0.2, 0.25) is 0 Å². The van der Waals surface area contributed by atoms with Gasteiger partial charge in [-0.25, -0.2) is 40.1 Å². The molecule has 0 atom stereocenters. The molecule has 62 nitrogen and oxygen atoms in total. The summed E-state index contributed by atoms with van der Waals surface area (Å²) in [6, 6.07) is 4.38. The van der Waals surface area contributed by atoms with E-state index in [1.54, 1.807) is 137 Å². The van der Waals surface area contributed by atoms with Crippen molar-refractivity contribution in [1.29, 1.82) is 0 Å². The van der Waals surface area contributed by atoms with Crippen molar-refractivity contribution in [2.45, 2.75) is 6.92 Å². The second-order valence-electron chi connectivity index (χ2n) is 28.9. The topological polar surface area (TPSA) is 713 Å². The molecule has 0 radical (unpaired) electrons. The van der Waals surface area contributed by atoms with E-state index in [0.717, 1.165) is 86.0 Å². The summed E-state index contributed by atoms with van der Waals surface area (Å²) in [6.07, 6.45) is 6.61. The fraction of sp³-hybridized carbons (Fsp3) is 0.628. The van der Waals surface area contributed by atoms with Crippen LogP contribution >= 0.6 is 36.0 Å². The van der Waals surface area contributed by atoms with Crippen LogP contribution in [0, 0.1) is 22.3 Å². The van der Waals surface area contributed by atoms with Crippen molar-refractivity contribution in [3.8, 4) is 0 Å². The minimum absolute atomic E-state index is 0.0423. The Bertz CT molecular complexity index is 4910. The first-order valence-electron chi connectivity index (χ1n) is 43.2. The summed E-state index contributed by atoms with van der Waals surface area (Å²) in [5.41, 5.74) is -0.766. The van der Waals surface area contributed by atoms with Gasteiger partial charge in [-0.1, -0.05) is 12.2 Å². The lowest BCUT2D eigenvalue weighted by molar-refractivity contribution is -0.191. The van der Waals surface area contributed by atoms with Gasteiger partial charge in [-0.15, -0.1) is 35.7 Å². The Kier molecular flexibility index (Phi) is 74.0. The molecule has 12 aromatic heterocycles. The van der Waals surface area contributed by atoms with Gasteiger partial charge in [0.15, 0.2) is 22.1 Å². The van der Waals surface area contributed by atoms with E-state index in [-0.39, 0.29) is 40.0 Å². The number of nitrogens with one attached hydrogen (secondary N) is 15. The molecule has 0 aromatic carbocycles. The summed E-state index contributed by atoms with van der Waals surface area (Å²) in [5.74, 6) is 6.80. The molecule has 66 heteroatoms. The Balaban J connectivity index is 0.00000155. The second kappa shape index (κ2) is 81.8. The summed E-state index contributed by atoms with van der Waals surface area (Å²) < 4.78 is 89.0. The fourth-order valence-electron chi connectivity index (χ4n) is 9.44. The number of ether oxygens (including phenoxy) is 12. The van der Waals surface area contributed by atoms with E-state index in [0.29, 0.717) is 151 Å². The van der Waals surface area contributed by atoms with Crippen LogP contribution < -0.4 is 86.9 Å². The average molecular weight is 2110 g/mol. The molecule has 0 aliphatic heterocycles. The van der Waals surface area contributed by atoms with Gasteiger partial charge in [0.1, 0.15) is 28.7 Å². The van der Waals surface area contributed by atoms with Crippen molar-refractivity contribution in [1.82, 2.24) is 142 Å². The summed E-state index contributed by atoms with van der Waals surface area (Å²) in [6.45, 7) is 18.5. The molecule has 0 fully saturated rings. The Morgan fingerprint density at radius 2 is 0.875 bits per heavy atom. The first-order chi connectivity index (χ1) is 69.1. The van der Waals surface area contributed by atoms with Crippen LogP contribution in [0.25, 0.3) is 0 Å². The van der Waals surface area contributed by atoms with Gasteiger partial charge >= 0.3 is 23.1 Å². The van der Waals surface area contributed by atoms with E-state index in [1.165, 1.54) is 36.2 Å². The third-order valence-corrected chi connectivity index (χ3v) is 19.4.